The Morgan fingerprint density at radius 2 is 2.17 bits per heavy atom. The van der Waals surface area contributed by atoms with Gasteiger partial charge in [-0.05, 0) is 40.7 Å². The highest BCUT2D eigenvalue weighted by molar-refractivity contribution is 9.10. The van der Waals surface area contributed by atoms with Gasteiger partial charge in [0, 0.05) is 36.2 Å². The number of halogens is 1. The summed E-state index contributed by atoms with van der Waals surface area (Å²) in [6, 6.07) is 1.83. The fourth-order valence-corrected chi connectivity index (χ4v) is 5.90. The zero-order chi connectivity index (χ0) is 20.8. The number of allylic oxidation sites excluding steroid dienone is 1. The second kappa shape index (κ2) is 7.91. The number of thioether (sulfide) groups is 1. The van der Waals surface area contributed by atoms with Crippen LogP contribution in [-0.2, 0) is 17.1 Å². The van der Waals surface area contributed by atoms with E-state index in [-0.39, 0.29) is 23.2 Å². The Kier molecular flexibility index (Phi) is 5.64. The second-order valence-corrected chi connectivity index (χ2v) is 10.7. The summed E-state index contributed by atoms with van der Waals surface area (Å²) in [5.74, 6) is 1.18. The van der Waals surface area contributed by atoms with Gasteiger partial charge in [0.25, 0.3) is 10.0 Å². The van der Waals surface area contributed by atoms with Crippen molar-refractivity contribution >= 4 is 43.5 Å². The maximum atomic E-state index is 12.8. The van der Waals surface area contributed by atoms with Crippen LogP contribution in [0.2, 0.25) is 0 Å². The highest BCUT2D eigenvalue weighted by Crippen LogP contribution is 2.39. The fraction of sp³-hybridized carbons (Fsp3) is 0.412. The van der Waals surface area contributed by atoms with Gasteiger partial charge in [0.1, 0.15) is 11.6 Å². The average molecular weight is 501 g/mol. The van der Waals surface area contributed by atoms with Crippen molar-refractivity contribution in [2.45, 2.75) is 30.0 Å². The molecule has 0 amide bonds. The number of anilines is 1. The third-order valence-electron chi connectivity index (χ3n) is 4.73. The average Bonchev–Trinajstić information content (AvgIpc) is 3.38. The molecular weight excluding hydrogens is 480 g/mol. The van der Waals surface area contributed by atoms with Crippen molar-refractivity contribution in [3.63, 3.8) is 0 Å². The first-order valence-corrected chi connectivity index (χ1v) is 12.1. The van der Waals surface area contributed by atoms with Crippen molar-refractivity contribution in [2.24, 2.45) is 12.8 Å². The maximum absolute atomic E-state index is 12.8. The van der Waals surface area contributed by atoms with Crippen LogP contribution >= 0.6 is 27.7 Å². The standard InChI is InChI=1S/C17H21BrN6O3S2/c1-11-9-28-17(19)24(11)16-14(5-12(18)6-20-16)27-13-3-4-23(7-13)29(25,26)15-8-22(2)10-21-15/h5-6,8-10,13,17H,3-4,7,19H2,1-2H3. The maximum Gasteiger partial charge on any atom is 0.262 e. The number of ether oxygens (including phenoxy) is 1. The summed E-state index contributed by atoms with van der Waals surface area (Å²) in [7, 11) is -1.90. The van der Waals surface area contributed by atoms with Crippen LogP contribution in [0.5, 0.6) is 5.75 Å². The molecule has 9 nitrogen and oxygen atoms in total. The van der Waals surface area contributed by atoms with E-state index in [1.165, 1.54) is 28.6 Å². The molecule has 4 heterocycles. The molecule has 2 aromatic heterocycles. The van der Waals surface area contributed by atoms with Gasteiger partial charge in [0.2, 0.25) is 0 Å². The zero-order valence-electron chi connectivity index (χ0n) is 15.9. The van der Waals surface area contributed by atoms with E-state index in [4.69, 9.17) is 10.5 Å². The minimum Gasteiger partial charge on any atom is -0.485 e. The van der Waals surface area contributed by atoms with E-state index in [9.17, 15) is 8.42 Å². The molecule has 12 heteroatoms. The summed E-state index contributed by atoms with van der Waals surface area (Å²) >= 11 is 4.94. The van der Waals surface area contributed by atoms with Crippen LogP contribution in [0.25, 0.3) is 0 Å². The molecule has 2 aliphatic heterocycles. The van der Waals surface area contributed by atoms with Gasteiger partial charge in [-0.15, -0.1) is 0 Å². The molecule has 0 bridgehead atoms. The summed E-state index contributed by atoms with van der Waals surface area (Å²) in [6.07, 6.45) is 4.95. The number of pyridine rings is 1. The minimum atomic E-state index is -3.64. The predicted octanol–water partition coefficient (Wildman–Crippen LogP) is 2.08. The van der Waals surface area contributed by atoms with E-state index in [1.54, 1.807) is 17.8 Å². The highest BCUT2D eigenvalue weighted by atomic mass is 79.9. The molecule has 156 valence electrons. The van der Waals surface area contributed by atoms with Gasteiger partial charge in [-0.2, -0.15) is 4.31 Å². The molecule has 0 radical (unpaired) electrons. The monoisotopic (exact) mass is 500 g/mol. The van der Waals surface area contributed by atoms with Crippen LogP contribution in [0.15, 0.2) is 45.4 Å². The summed E-state index contributed by atoms with van der Waals surface area (Å²) < 4.78 is 35.6. The quantitative estimate of drug-likeness (QED) is 0.664. The number of aromatic nitrogens is 3. The van der Waals surface area contributed by atoms with E-state index < -0.39 is 10.0 Å². The molecular formula is C17H21BrN6O3S2. The lowest BCUT2D eigenvalue weighted by molar-refractivity contribution is 0.215. The second-order valence-electron chi connectivity index (χ2n) is 6.90. The summed E-state index contributed by atoms with van der Waals surface area (Å²) in [5.41, 5.74) is 6.89. The van der Waals surface area contributed by atoms with Gasteiger partial charge in [-0.1, -0.05) is 11.8 Å². The molecule has 29 heavy (non-hydrogen) atoms. The SMILES string of the molecule is CC1=CSC(N)N1c1ncc(Br)cc1OC1CCN(S(=O)(=O)c2cn(C)cn2)C1. The topological polar surface area (TPSA) is 107 Å². The van der Waals surface area contributed by atoms with Gasteiger partial charge in [-0.25, -0.2) is 18.4 Å². The van der Waals surface area contributed by atoms with Crippen LogP contribution in [-0.4, -0.2) is 51.9 Å². The van der Waals surface area contributed by atoms with E-state index in [0.29, 0.717) is 24.5 Å². The van der Waals surface area contributed by atoms with Crippen LogP contribution in [0.4, 0.5) is 5.82 Å². The summed E-state index contributed by atoms with van der Waals surface area (Å²) in [5, 5.41) is 2.03. The minimum absolute atomic E-state index is 0.0475. The van der Waals surface area contributed by atoms with Gasteiger partial charge >= 0.3 is 0 Å². The molecule has 2 atom stereocenters. The molecule has 2 N–H and O–H groups in total. The number of hydrogen-bond donors (Lipinski definition) is 1. The van der Waals surface area contributed by atoms with E-state index in [0.717, 1.165) is 10.2 Å². The Morgan fingerprint density at radius 3 is 2.83 bits per heavy atom. The Labute approximate surface area is 182 Å². The third-order valence-corrected chi connectivity index (χ3v) is 7.88. The van der Waals surface area contributed by atoms with Gasteiger partial charge in [-0.3, -0.25) is 0 Å². The Bertz CT molecular complexity index is 1060. The Morgan fingerprint density at radius 1 is 1.38 bits per heavy atom. The largest absolute Gasteiger partial charge is 0.485 e. The van der Waals surface area contributed by atoms with Crippen LogP contribution in [0.1, 0.15) is 13.3 Å². The number of nitrogens with zero attached hydrogens (tertiary/aromatic N) is 5. The zero-order valence-corrected chi connectivity index (χ0v) is 19.1. The van der Waals surface area contributed by atoms with Crippen molar-refractivity contribution in [2.75, 3.05) is 18.0 Å². The summed E-state index contributed by atoms with van der Waals surface area (Å²) in [6.45, 7) is 2.59. The van der Waals surface area contributed by atoms with Crippen LogP contribution in [0, 0.1) is 0 Å². The van der Waals surface area contributed by atoms with Crippen LogP contribution < -0.4 is 15.4 Å². The molecule has 1 fully saturated rings. The molecule has 0 spiro atoms. The predicted molar refractivity (Wildman–Crippen MR) is 115 cm³/mol. The van der Waals surface area contributed by atoms with Crippen molar-refractivity contribution in [1.29, 1.82) is 0 Å². The molecule has 4 rings (SSSR count). The lowest BCUT2D eigenvalue weighted by Crippen LogP contribution is -2.36. The Balaban J connectivity index is 1.54. The lowest BCUT2D eigenvalue weighted by Gasteiger charge is -2.27. The normalized spacial score (nSPS) is 22.9. The van der Waals surface area contributed by atoms with Crippen molar-refractivity contribution in [3.8, 4) is 5.75 Å². The summed E-state index contributed by atoms with van der Waals surface area (Å²) in [4.78, 5) is 10.4. The first-order valence-electron chi connectivity index (χ1n) is 8.93. The number of imidazole rings is 1. The van der Waals surface area contributed by atoms with Crippen molar-refractivity contribution in [3.05, 3.63) is 40.4 Å². The van der Waals surface area contributed by atoms with E-state index in [1.807, 2.05) is 23.3 Å². The van der Waals surface area contributed by atoms with Crippen molar-refractivity contribution in [1.82, 2.24) is 18.8 Å². The van der Waals surface area contributed by atoms with Crippen LogP contribution in [0.3, 0.4) is 0 Å². The number of aryl methyl sites for hydroxylation is 1. The molecule has 0 aromatic carbocycles. The molecule has 2 unspecified atom stereocenters. The Hall–Kier alpha value is -1.60. The third kappa shape index (κ3) is 4.04. The van der Waals surface area contributed by atoms with Gasteiger partial charge in [0.05, 0.1) is 12.9 Å². The first-order chi connectivity index (χ1) is 13.8. The molecule has 2 aromatic rings. The number of hydrogen-bond acceptors (Lipinski definition) is 8. The lowest BCUT2D eigenvalue weighted by atomic mass is 10.3. The smallest absolute Gasteiger partial charge is 0.262 e. The first kappa shape index (κ1) is 20.7. The van der Waals surface area contributed by atoms with Gasteiger partial charge < -0.3 is 19.9 Å². The molecule has 2 aliphatic rings. The van der Waals surface area contributed by atoms with E-state index >= 15 is 0 Å². The molecule has 1 saturated heterocycles. The van der Waals surface area contributed by atoms with Crippen molar-refractivity contribution < 1.29 is 13.2 Å². The molecule has 0 saturated carbocycles. The van der Waals surface area contributed by atoms with E-state index in [2.05, 4.69) is 25.9 Å². The molecule has 0 aliphatic carbocycles. The van der Waals surface area contributed by atoms with Gasteiger partial charge in [0.15, 0.2) is 16.6 Å². The number of rotatable bonds is 5. The highest BCUT2D eigenvalue weighted by Gasteiger charge is 2.36. The number of nitrogens with two attached hydrogens (primary N) is 1. The number of sulfonamides is 1. The fourth-order valence-electron chi connectivity index (χ4n) is 3.30.